The summed E-state index contributed by atoms with van der Waals surface area (Å²) < 4.78 is 0. The number of piperidine rings is 1. The largest absolute Gasteiger partial charge is 0.356 e. The monoisotopic (exact) mass is 486 g/mol. The average molecular weight is 486 g/mol. The van der Waals surface area contributed by atoms with Crippen LogP contribution < -0.4 is 10.2 Å². The molecule has 152 valence electrons. The number of nitrogens with one attached hydrogen (secondary N) is 1. The summed E-state index contributed by atoms with van der Waals surface area (Å²) in [6, 6.07) is 6.11. The smallest absolute Gasteiger partial charge is 0.193 e. The van der Waals surface area contributed by atoms with Crippen LogP contribution in [0.15, 0.2) is 29.4 Å². The van der Waals surface area contributed by atoms with Gasteiger partial charge in [-0.2, -0.15) is 0 Å². The summed E-state index contributed by atoms with van der Waals surface area (Å²) in [5.41, 5.74) is 0. The Labute approximate surface area is 181 Å². The van der Waals surface area contributed by atoms with Crippen LogP contribution in [0.5, 0.6) is 0 Å². The van der Waals surface area contributed by atoms with Crippen LogP contribution in [0.4, 0.5) is 5.82 Å². The van der Waals surface area contributed by atoms with Crippen LogP contribution in [-0.4, -0.2) is 80.1 Å². The third-order valence-electron chi connectivity index (χ3n) is 5.57. The summed E-state index contributed by atoms with van der Waals surface area (Å²) in [7, 11) is 1.89. The number of guanidine groups is 1. The van der Waals surface area contributed by atoms with Crippen molar-refractivity contribution in [3.05, 3.63) is 24.4 Å². The number of pyridine rings is 1. The van der Waals surface area contributed by atoms with Crippen molar-refractivity contribution < 1.29 is 0 Å². The van der Waals surface area contributed by atoms with E-state index in [1.165, 1.54) is 38.9 Å². The summed E-state index contributed by atoms with van der Waals surface area (Å²) in [4.78, 5) is 16.3. The fourth-order valence-electron chi connectivity index (χ4n) is 3.81. The zero-order valence-corrected chi connectivity index (χ0v) is 19.1. The van der Waals surface area contributed by atoms with Crippen LogP contribution in [-0.2, 0) is 0 Å². The molecule has 0 aromatic carbocycles. The molecule has 6 nitrogen and oxygen atoms in total. The predicted molar refractivity (Wildman–Crippen MR) is 124 cm³/mol. The van der Waals surface area contributed by atoms with E-state index in [1.807, 2.05) is 19.3 Å². The SMILES string of the molecule is CN=C(NCCCN1CCC(C)CC1)N1CCN(c2ccccn2)CC1.I. The summed E-state index contributed by atoms with van der Waals surface area (Å²) >= 11 is 0. The lowest BCUT2D eigenvalue weighted by Gasteiger charge is -2.37. The number of hydrogen-bond donors (Lipinski definition) is 1. The topological polar surface area (TPSA) is 47.0 Å². The zero-order valence-electron chi connectivity index (χ0n) is 16.8. The molecule has 2 aliphatic heterocycles. The molecule has 0 radical (unpaired) electrons. The predicted octanol–water partition coefficient (Wildman–Crippen LogP) is 2.52. The van der Waals surface area contributed by atoms with E-state index in [9.17, 15) is 0 Å². The molecule has 2 saturated heterocycles. The van der Waals surface area contributed by atoms with Crippen LogP contribution in [0.25, 0.3) is 0 Å². The Balaban J connectivity index is 0.00000261. The van der Waals surface area contributed by atoms with Gasteiger partial charge in [0.2, 0.25) is 0 Å². The summed E-state index contributed by atoms with van der Waals surface area (Å²) in [6.07, 6.45) is 5.76. The van der Waals surface area contributed by atoms with Gasteiger partial charge in [-0.25, -0.2) is 4.98 Å². The van der Waals surface area contributed by atoms with Crippen molar-refractivity contribution in [1.29, 1.82) is 0 Å². The lowest BCUT2D eigenvalue weighted by atomic mass is 9.99. The van der Waals surface area contributed by atoms with Gasteiger partial charge in [-0.05, 0) is 56.9 Å². The Hall–Kier alpha value is -1.09. The van der Waals surface area contributed by atoms with E-state index in [4.69, 9.17) is 0 Å². The van der Waals surface area contributed by atoms with Crippen LogP contribution >= 0.6 is 24.0 Å². The molecule has 7 heteroatoms. The Kier molecular flexibility index (Phi) is 9.61. The molecule has 0 unspecified atom stereocenters. The van der Waals surface area contributed by atoms with Gasteiger partial charge < -0.3 is 20.0 Å². The van der Waals surface area contributed by atoms with Crippen LogP contribution in [0.1, 0.15) is 26.2 Å². The first-order valence-electron chi connectivity index (χ1n) is 10.1. The van der Waals surface area contributed by atoms with Gasteiger partial charge in [0.25, 0.3) is 0 Å². The normalized spacial score (nSPS) is 19.7. The number of anilines is 1. The average Bonchev–Trinajstić information content (AvgIpc) is 2.70. The van der Waals surface area contributed by atoms with E-state index in [2.05, 4.69) is 49.0 Å². The molecule has 0 saturated carbocycles. The molecule has 0 bridgehead atoms. The minimum atomic E-state index is 0. The first-order valence-corrected chi connectivity index (χ1v) is 10.1. The molecule has 1 N–H and O–H groups in total. The fraction of sp³-hybridized carbons (Fsp3) is 0.700. The van der Waals surface area contributed by atoms with Crippen molar-refractivity contribution >= 4 is 35.8 Å². The molecular weight excluding hydrogens is 451 g/mol. The highest BCUT2D eigenvalue weighted by Crippen LogP contribution is 2.16. The van der Waals surface area contributed by atoms with Gasteiger partial charge in [-0.3, -0.25) is 4.99 Å². The van der Waals surface area contributed by atoms with E-state index < -0.39 is 0 Å². The van der Waals surface area contributed by atoms with Crippen molar-refractivity contribution in [1.82, 2.24) is 20.1 Å². The van der Waals surface area contributed by atoms with Crippen molar-refractivity contribution in [3.8, 4) is 0 Å². The van der Waals surface area contributed by atoms with Gasteiger partial charge in [-0.1, -0.05) is 13.0 Å². The number of piperazine rings is 1. The maximum absolute atomic E-state index is 4.49. The number of likely N-dealkylation sites (tertiary alicyclic amines) is 1. The molecular formula is C20H35IN6. The molecule has 0 aliphatic carbocycles. The highest BCUT2D eigenvalue weighted by atomic mass is 127. The van der Waals surface area contributed by atoms with Gasteiger partial charge in [0.05, 0.1) is 0 Å². The summed E-state index contributed by atoms with van der Waals surface area (Å²) in [5, 5.41) is 3.56. The quantitative estimate of drug-likeness (QED) is 0.300. The minimum Gasteiger partial charge on any atom is -0.356 e. The number of halogens is 1. The van der Waals surface area contributed by atoms with Gasteiger partial charge in [0, 0.05) is 46.0 Å². The van der Waals surface area contributed by atoms with E-state index in [0.29, 0.717) is 0 Å². The maximum atomic E-state index is 4.49. The molecule has 1 aromatic heterocycles. The molecule has 1 aromatic rings. The third kappa shape index (κ3) is 6.78. The van der Waals surface area contributed by atoms with Gasteiger partial charge in [0.1, 0.15) is 5.82 Å². The molecule has 3 rings (SSSR count). The second-order valence-corrected chi connectivity index (χ2v) is 7.51. The molecule has 0 amide bonds. The lowest BCUT2D eigenvalue weighted by molar-refractivity contribution is 0.191. The van der Waals surface area contributed by atoms with Crippen molar-refractivity contribution in [2.45, 2.75) is 26.2 Å². The van der Waals surface area contributed by atoms with Gasteiger partial charge >= 0.3 is 0 Å². The number of hydrogen-bond acceptors (Lipinski definition) is 4. The Morgan fingerprint density at radius 2 is 1.89 bits per heavy atom. The van der Waals surface area contributed by atoms with E-state index in [0.717, 1.165) is 50.4 Å². The standard InChI is InChI=1S/C20H34N6.HI/c1-18-7-12-24(13-8-18)11-5-10-23-20(21-2)26-16-14-25(15-17-26)19-6-3-4-9-22-19;/h3-4,6,9,18H,5,7-8,10-17H2,1-2H3,(H,21,23);1H. The Bertz CT molecular complexity index is 551. The van der Waals surface area contributed by atoms with Crippen molar-refractivity contribution in [2.75, 3.05) is 64.3 Å². The molecule has 0 spiro atoms. The first-order chi connectivity index (χ1) is 12.8. The molecule has 3 heterocycles. The maximum Gasteiger partial charge on any atom is 0.193 e. The highest BCUT2D eigenvalue weighted by molar-refractivity contribution is 14.0. The number of aliphatic imine (C=N–C) groups is 1. The molecule has 27 heavy (non-hydrogen) atoms. The fourth-order valence-corrected chi connectivity index (χ4v) is 3.81. The molecule has 2 aliphatic rings. The second kappa shape index (κ2) is 11.7. The van der Waals surface area contributed by atoms with Crippen LogP contribution in [0.3, 0.4) is 0 Å². The van der Waals surface area contributed by atoms with Crippen molar-refractivity contribution in [3.63, 3.8) is 0 Å². The van der Waals surface area contributed by atoms with Gasteiger partial charge in [-0.15, -0.1) is 24.0 Å². The first kappa shape index (κ1) is 22.2. The molecule has 2 fully saturated rings. The second-order valence-electron chi connectivity index (χ2n) is 7.51. The van der Waals surface area contributed by atoms with E-state index in [1.54, 1.807) is 0 Å². The number of aromatic nitrogens is 1. The molecule has 0 atom stereocenters. The van der Waals surface area contributed by atoms with Crippen molar-refractivity contribution in [2.24, 2.45) is 10.9 Å². The Morgan fingerprint density at radius 3 is 2.52 bits per heavy atom. The number of rotatable bonds is 5. The van der Waals surface area contributed by atoms with Crippen LogP contribution in [0, 0.1) is 5.92 Å². The number of nitrogens with zero attached hydrogens (tertiary/aromatic N) is 5. The highest BCUT2D eigenvalue weighted by Gasteiger charge is 2.20. The van der Waals surface area contributed by atoms with E-state index >= 15 is 0 Å². The Morgan fingerprint density at radius 1 is 1.15 bits per heavy atom. The van der Waals surface area contributed by atoms with E-state index in [-0.39, 0.29) is 24.0 Å². The van der Waals surface area contributed by atoms with Crippen LogP contribution in [0.2, 0.25) is 0 Å². The minimum absolute atomic E-state index is 0. The zero-order chi connectivity index (χ0) is 18.2. The lowest BCUT2D eigenvalue weighted by Crippen LogP contribution is -2.53. The van der Waals surface area contributed by atoms with Gasteiger partial charge in [0.15, 0.2) is 5.96 Å². The summed E-state index contributed by atoms with van der Waals surface area (Å²) in [5.74, 6) is 3.02. The summed E-state index contributed by atoms with van der Waals surface area (Å²) in [6.45, 7) is 11.1. The third-order valence-corrected chi connectivity index (χ3v) is 5.57.